The Morgan fingerprint density at radius 2 is 2.07 bits per heavy atom. The van der Waals surface area contributed by atoms with Gasteiger partial charge < -0.3 is 15.0 Å². The average Bonchev–Trinajstić information content (AvgIpc) is 3.01. The number of fused-ring (bicyclic) bond motifs is 2. The van der Waals surface area contributed by atoms with Gasteiger partial charge in [0.15, 0.2) is 0 Å². The van der Waals surface area contributed by atoms with Gasteiger partial charge in [0.05, 0.1) is 17.7 Å². The first-order valence-corrected chi connectivity index (χ1v) is 8.93. The Morgan fingerprint density at radius 3 is 2.89 bits per heavy atom. The summed E-state index contributed by atoms with van der Waals surface area (Å²) in [7, 11) is 1.66. The van der Waals surface area contributed by atoms with Crippen LogP contribution in [0.4, 0.5) is 5.82 Å². The zero-order chi connectivity index (χ0) is 19.0. The predicted molar refractivity (Wildman–Crippen MR) is 109 cm³/mol. The van der Waals surface area contributed by atoms with Crippen molar-refractivity contribution >= 4 is 22.4 Å². The highest BCUT2D eigenvalue weighted by Gasteiger charge is 2.17. The Morgan fingerprint density at radius 1 is 1.22 bits per heavy atom. The predicted octanol–water partition coefficient (Wildman–Crippen LogP) is 3.52. The van der Waals surface area contributed by atoms with E-state index in [9.17, 15) is 4.79 Å². The van der Waals surface area contributed by atoms with Gasteiger partial charge in [-0.25, -0.2) is 4.98 Å². The molecule has 0 saturated heterocycles. The molecule has 1 aromatic carbocycles. The molecule has 138 valence electrons. The van der Waals surface area contributed by atoms with Crippen LogP contribution in [0.5, 0.6) is 0 Å². The minimum atomic E-state index is -0.146. The number of hydrogen-bond acceptors (Lipinski definition) is 4. The van der Waals surface area contributed by atoms with Crippen LogP contribution in [0.2, 0.25) is 0 Å². The van der Waals surface area contributed by atoms with Crippen molar-refractivity contribution in [2.75, 3.05) is 25.6 Å². The first-order chi connectivity index (χ1) is 13.1. The molecule has 3 aromatic heterocycles. The van der Waals surface area contributed by atoms with Gasteiger partial charge in [-0.3, -0.25) is 9.20 Å². The number of aromatic nitrogens is 3. The van der Waals surface area contributed by atoms with Gasteiger partial charge in [-0.15, -0.1) is 0 Å². The molecule has 4 aromatic rings. The highest BCUT2D eigenvalue weighted by Crippen LogP contribution is 2.29. The van der Waals surface area contributed by atoms with Crippen LogP contribution in [-0.4, -0.2) is 34.6 Å². The lowest BCUT2D eigenvalue weighted by Gasteiger charge is -2.09. The molecule has 0 atom stereocenters. The maximum absolute atomic E-state index is 12.9. The number of methoxy groups -OCH3 is 1. The summed E-state index contributed by atoms with van der Waals surface area (Å²) in [5, 5.41) is 4.36. The van der Waals surface area contributed by atoms with E-state index in [0.29, 0.717) is 24.4 Å². The summed E-state index contributed by atoms with van der Waals surface area (Å²) in [5.41, 5.74) is 4.91. The van der Waals surface area contributed by atoms with Crippen molar-refractivity contribution in [2.24, 2.45) is 0 Å². The number of nitrogens with one attached hydrogen (secondary N) is 2. The van der Waals surface area contributed by atoms with Gasteiger partial charge in [0, 0.05) is 19.9 Å². The molecule has 0 amide bonds. The molecule has 0 aliphatic carbocycles. The zero-order valence-electron chi connectivity index (χ0n) is 15.7. The van der Waals surface area contributed by atoms with E-state index in [1.165, 1.54) is 0 Å². The first-order valence-electron chi connectivity index (χ1n) is 8.93. The maximum atomic E-state index is 12.9. The topological polar surface area (TPSA) is 71.4 Å². The minimum absolute atomic E-state index is 0.146. The normalized spacial score (nSPS) is 11.4. The molecule has 2 N–H and O–H groups in total. The second kappa shape index (κ2) is 6.89. The molecule has 6 heteroatoms. The molecule has 0 unspecified atom stereocenters. The van der Waals surface area contributed by atoms with E-state index in [0.717, 1.165) is 33.5 Å². The fraction of sp³-hybridized carbons (Fsp3) is 0.238. The summed E-state index contributed by atoms with van der Waals surface area (Å²) in [4.78, 5) is 20.6. The number of nitrogens with zero attached hydrogens (tertiary/aromatic N) is 2. The zero-order valence-corrected chi connectivity index (χ0v) is 15.7. The maximum Gasteiger partial charge on any atom is 0.258 e. The molecule has 0 aliphatic heterocycles. The summed E-state index contributed by atoms with van der Waals surface area (Å²) in [5.74, 6) is 0.789. The molecule has 0 fully saturated rings. The van der Waals surface area contributed by atoms with E-state index in [-0.39, 0.29) is 5.56 Å². The molecule has 4 rings (SSSR count). The molecule has 6 nitrogen and oxygen atoms in total. The fourth-order valence-electron chi connectivity index (χ4n) is 3.49. The second-order valence-corrected chi connectivity index (χ2v) is 6.72. The molecule has 0 radical (unpaired) electrons. The molecular formula is C21H22N4O2. The van der Waals surface area contributed by atoms with Gasteiger partial charge in [0.25, 0.3) is 5.56 Å². The summed E-state index contributed by atoms with van der Waals surface area (Å²) in [6.45, 7) is 5.25. The number of hydrogen-bond donors (Lipinski definition) is 2. The molecule has 0 spiro atoms. The van der Waals surface area contributed by atoms with Crippen molar-refractivity contribution < 1.29 is 4.74 Å². The van der Waals surface area contributed by atoms with Crippen molar-refractivity contribution in [2.45, 2.75) is 13.8 Å². The van der Waals surface area contributed by atoms with Crippen molar-refractivity contribution in [1.29, 1.82) is 0 Å². The van der Waals surface area contributed by atoms with E-state index in [1.54, 1.807) is 7.11 Å². The summed E-state index contributed by atoms with van der Waals surface area (Å²) in [6, 6.07) is 11.9. The van der Waals surface area contributed by atoms with Crippen LogP contribution in [0, 0.1) is 13.8 Å². The number of aryl methyl sites for hydroxylation is 2. The second-order valence-electron chi connectivity index (χ2n) is 6.72. The Labute approximate surface area is 156 Å². The number of anilines is 1. The van der Waals surface area contributed by atoms with Gasteiger partial charge in [0.1, 0.15) is 17.2 Å². The molecular weight excluding hydrogens is 340 g/mol. The average molecular weight is 362 g/mol. The number of pyridine rings is 2. The Balaban J connectivity index is 1.94. The van der Waals surface area contributed by atoms with Crippen LogP contribution >= 0.6 is 0 Å². The van der Waals surface area contributed by atoms with Crippen LogP contribution in [-0.2, 0) is 4.74 Å². The largest absolute Gasteiger partial charge is 0.383 e. The van der Waals surface area contributed by atoms with Crippen molar-refractivity contribution in [3.63, 3.8) is 0 Å². The number of H-pyrrole nitrogens is 1. The fourth-order valence-corrected chi connectivity index (χ4v) is 3.49. The minimum Gasteiger partial charge on any atom is -0.383 e. The van der Waals surface area contributed by atoms with E-state index in [4.69, 9.17) is 9.72 Å². The lowest BCUT2D eigenvalue weighted by molar-refractivity contribution is 0.210. The molecule has 0 saturated carbocycles. The standard InChI is InChI=1S/C21H22N4O2/c1-13-10-14(2)18-15(11-13)12-16(21(26)24-18)19-20(22-7-9-27-3)25-8-5-4-6-17(25)23-19/h4-6,8,10-12,22H,7,9H2,1-3H3,(H,24,26). The molecule has 0 aliphatic rings. The number of rotatable bonds is 5. The van der Waals surface area contributed by atoms with Gasteiger partial charge in [-0.2, -0.15) is 0 Å². The van der Waals surface area contributed by atoms with E-state index >= 15 is 0 Å². The molecule has 3 heterocycles. The van der Waals surface area contributed by atoms with Gasteiger partial charge in [-0.05, 0) is 49.1 Å². The lowest BCUT2D eigenvalue weighted by atomic mass is 10.0. The van der Waals surface area contributed by atoms with E-state index in [1.807, 2.05) is 41.8 Å². The highest BCUT2D eigenvalue weighted by molar-refractivity contribution is 5.88. The van der Waals surface area contributed by atoms with E-state index in [2.05, 4.69) is 29.4 Å². The smallest absolute Gasteiger partial charge is 0.258 e. The Bertz CT molecular complexity index is 1190. The van der Waals surface area contributed by atoms with Crippen LogP contribution < -0.4 is 10.9 Å². The van der Waals surface area contributed by atoms with Crippen molar-refractivity contribution in [1.82, 2.24) is 14.4 Å². The van der Waals surface area contributed by atoms with Gasteiger partial charge >= 0.3 is 0 Å². The Hall–Kier alpha value is -3.12. The highest BCUT2D eigenvalue weighted by atomic mass is 16.5. The third-order valence-corrected chi connectivity index (χ3v) is 4.68. The Kier molecular flexibility index (Phi) is 4.41. The number of imidazole rings is 1. The molecule has 27 heavy (non-hydrogen) atoms. The van der Waals surface area contributed by atoms with E-state index < -0.39 is 0 Å². The van der Waals surface area contributed by atoms with Crippen LogP contribution in [0.3, 0.4) is 0 Å². The lowest BCUT2D eigenvalue weighted by Crippen LogP contribution is -2.13. The first kappa shape index (κ1) is 17.3. The van der Waals surface area contributed by atoms with Crippen LogP contribution in [0.1, 0.15) is 11.1 Å². The van der Waals surface area contributed by atoms with Crippen LogP contribution in [0.15, 0.2) is 47.4 Å². The third-order valence-electron chi connectivity index (χ3n) is 4.68. The summed E-state index contributed by atoms with van der Waals surface area (Å²) < 4.78 is 7.10. The number of benzene rings is 1. The van der Waals surface area contributed by atoms with Crippen LogP contribution in [0.25, 0.3) is 27.8 Å². The SMILES string of the molecule is COCCNc1c(-c2cc3cc(C)cc(C)c3[nH]c2=O)nc2ccccn12. The number of aromatic amines is 1. The third kappa shape index (κ3) is 3.08. The van der Waals surface area contributed by atoms with Gasteiger partial charge in [-0.1, -0.05) is 17.7 Å². The summed E-state index contributed by atoms with van der Waals surface area (Å²) in [6.07, 6.45) is 1.94. The van der Waals surface area contributed by atoms with Crippen molar-refractivity contribution in [3.05, 3.63) is 64.1 Å². The quantitative estimate of drug-likeness (QED) is 0.533. The summed E-state index contributed by atoms with van der Waals surface area (Å²) >= 11 is 0. The van der Waals surface area contributed by atoms with Gasteiger partial charge in [0.2, 0.25) is 0 Å². The monoisotopic (exact) mass is 362 g/mol. The van der Waals surface area contributed by atoms with Crippen molar-refractivity contribution in [3.8, 4) is 11.3 Å². The number of ether oxygens (including phenoxy) is 1. The molecule has 0 bridgehead atoms.